The number of pyridine rings is 1. The van der Waals surface area contributed by atoms with E-state index >= 15 is 0 Å². The number of carbonyl (C=O) groups excluding carboxylic acids is 9. The van der Waals surface area contributed by atoms with Crippen molar-refractivity contribution in [2.24, 2.45) is 17.8 Å². The van der Waals surface area contributed by atoms with Gasteiger partial charge in [-0.3, -0.25) is 43.3 Å². The van der Waals surface area contributed by atoms with Crippen molar-refractivity contribution >= 4 is 70.2 Å². The zero-order valence-corrected chi connectivity index (χ0v) is 36.5. The Bertz CT molecular complexity index is 2230. The lowest BCUT2D eigenvalue weighted by molar-refractivity contribution is -0.160. The molecule has 5 rings (SSSR count). The van der Waals surface area contributed by atoms with E-state index in [1.54, 1.807) is 13.0 Å². The van der Waals surface area contributed by atoms with Crippen molar-refractivity contribution in [3.05, 3.63) is 58.6 Å². The number of fused-ring (bicyclic) bond motifs is 2. The van der Waals surface area contributed by atoms with Crippen LogP contribution in [0.2, 0.25) is 0 Å². The molecule has 7 amide bonds. The highest BCUT2D eigenvalue weighted by Gasteiger charge is 2.40. The number of hydrogen-bond acceptors (Lipinski definition) is 13. The van der Waals surface area contributed by atoms with Gasteiger partial charge in [-0.25, -0.2) is 9.37 Å². The maximum Gasteiger partial charge on any atom is 0.309 e. The second-order valence-corrected chi connectivity index (χ2v) is 16.0. The molecule has 4 heterocycles. The molecular weight excluding hydrogens is 836 g/mol. The number of aldehydes is 1. The van der Waals surface area contributed by atoms with Gasteiger partial charge in [0.2, 0.25) is 29.5 Å². The Morgan fingerprint density at radius 1 is 0.953 bits per heavy atom. The Morgan fingerprint density at radius 3 is 2.33 bits per heavy atom. The lowest BCUT2D eigenvalue weighted by Gasteiger charge is -2.32. The van der Waals surface area contributed by atoms with Gasteiger partial charge in [-0.05, 0) is 57.2 Å². The second-order valence-electron chi connectivity index (χ2n) is 16.0. The molecule has 0 spiro atoms. The van der Waals surface area contributed by atoms with Crippen molar-refractivity contribution in [3.63, 3.8) is 0 Å². The number of imide groups is 1. The van der Waals surface area contributed by atoms with E-state index in [0.29, 0.717) is 65.6 Å². The standard InChI is InChI=1S/C44H55FN8O11/c1-6-28-29(27(20-54)21-64-44(28)62)15-35-41-32(19-52(35)5)31(30-14-24(2)33(45)16-34(30)51-41)17-46-38(57)22-63-23-48-43(61)26(4)50-37(56)18-47-42(60)25(3)49-36(55)10-8-7-9-13-53-39(58)11-12-40(53)59/h11-12,14-16,20,25-29H,6-10,13,17-19,21-23H2,1-5H3,(H,46,57)(H,47,60)(H,48,61)(H,49,55)(H,50,56)/b35-15-/t25?,26-,27?,28?,29?/m0/s1. The minimum atomic E-state index is -1.03. The van der Waals surface area contributed by atoms with Crippen molar-refractivity contribution in [2.75, 3.05) is 40.1 Å². The maximum absolute atomic E-state index is 14.9. The molecule has 20 heteroatoms. The summed E-state index contributed by atoms with van der Waals surface area (Å²) in [7, 11) is 1.85. The van der Waals surface area contributed by atoms with Crippen LogP contribution in [0.4, 0.5) is 4.39 Å². The third kappa shape index (κ3) is 12.1. The number of unbranched alkanes of at least 4 members (excludes halogenated alkanes) is 2. The number of aromatic nitrogens is 1. The first-order chi connectivity index (χ1) is 30.5. The summed E-state index contributed by atoms with van der Waals surface area (Å²) in [4.78, 5) is 118. The van der Waals surface area contributed by atoms with Crippen molar-refractivity contribution < 1.29 is 57.0 Å². The van der Waals surface area contributed by atoms with E-state index in [0.717, 1.165) is 16.7 Å². The van der Waals surface area contributed by atoms with Crippen LogP contribution in [0.1, 0.15) is 75.3 Å². The molecule has 344 valence electrons. The van der Waals surface area contributed by atoms with Crippen LogP contribution in [0.25, 0.3) is 16.6 Å². The topological polar surface area (TPSA) is 252 Å². The van der Waals surface area contributed by atoms with E-state index in [1.807, 2.05) is 24.9 Å². The molecule has 0 saturated carbocycles. The van der Waals surface area contributed by atoms with Crippen molar-refractivity contribution in [2.45, 2.75) is 85.0 Å². The highest BCUT2D eigenvalue weighted by atomic mass is 19.1. The smallest absolute Gasteiger partial charge is 0.309 e. The zero-order valence-electron chi connectivity index (χ0n) is 36.5. The Morgan fingerprint density at radius 2 is 1.64 bits per heavy atom. The Kier molecular flexibility index (Phi) is 16.8. The van der Waals surface area contributed by atoms with Crippen LogP contribution in [0.5, 0.6) is 0 Å². The summed E-state index contributed by atoms with van der Waals surface area (Å²) >= 11 is 0. The number of hydrogen-bond donors (Lipinski definition) is 5. The molecule has 64 heavy (non-hydrogen) atoms. The third-order valence-corrected chi connectivity index (χ3v) is 11.4. The van der Waals surface area contributed by atoms with Gasteiger partial charge in [-0.2, -0.15) is 0 Å². The monoisotopic (exact) mass is 890 g/mol. The van der Waals surface area contributed by atoms with Crippen molar-refractivity contribution in [1.29, 1.82) is 0 Å². The molecule has 3 aliphatic heterocycles. The number of ether oxygens (including phenoxy) is 2. The number of aryl methyl sites for hydroxylation is 1. The Labute approximate surface area is 369 Å². The minimum absolute atomic E-state index is 0.0236. The number of cyclic esters (lactones) is 1. The van der Waals surface area contributed by atoms with E-state index in [4.69, 9.17) is 14.5 Å². The van der Waals surface area contributed by atoms with E-state index in [-0.39, 0.29) is 56.5 Å². The van der Waals surface area contributed by atoms with Crippen LogP contribution in [0.3, 0.4) is 0 Å². The molecule has 0 radical (unpaired) electrons. The molecule has 2 aromatic rings. The largest absolute Gasteiger partial charge is 0.465 e. The number of nitrogens with one attached hydrogen (secondary N) is 5. The molecule has 3 aliphatic rings. The van der Waals surface area contributed by atoms with Crippen LogP contribution >= 0.6 is 0 Å². The van der Waals surface area contributed by atoms with Crippen LogP contribution in [0, 0.1) is 30.5 Å². The SMILES string of the molecule is CCC1C(=O)OCC(C=O)C1/C=C1/c2nc3cc(F)c(C)cc3c(CNC(=O)COCNC(=O)[C@H](C)NC(=O)CNC(=O)C(C)NC(=O)CCCCCN3C(=O)C=CC3=O)c2CN1C. The predicted molar refractivity (Wildman–Crippen MR) is 227 cm³/mol. The van der Waals surface area contributed by atoms with Crippen LogP contribution in [-0.2, 0) is 65.7 Å². The predicted octanol–water partition coefficient (Wildman–Crippen LogP) is 0.800. The molecule has 1 aromatic heterocycles. The van der Waals surface area contributed by atoms with E-state index in [2.05, 4.69) is 26.6 Å². The lowest BCUT2D eigenvalue weighted by atomic mass is 9.78. The highest BCUT2D eigenvalue weighted by molar-refractivity contribution is 6.12. The average Bonchev–Trinajstić information content (AvgIpc) is 3.75. The fourth-order valence-electron chi connectivity index (χ4n) is 7.73. The number of nitrogens with zero attached hydrogens (tertiary/aromatic N) is 3. The summed E-state index contributed by atoms with van der Waals surface area (Å²) < 4.78 is 25.5. The van der Waals surface area contributed by atoms with Crippen LogP contribution < -0.4 is 26.6 Å². The van der Waals surface area contributed by atoms with Gasteiger partial charge in [-0.1, -0.05) is 19.4 Å². The Hall–Kier alpha value is -6.57. The molecule has 1 aromatic carbocycles. The second kappa shape index (κ2) is 22.2. The van der Waals surface area contributed by atoms with Crippen LogP contribution in [-0.4, -0.2) is 121 Å². The molecule has 1 saturated heterocycles. The number of benzene rings is 1. The molecule has 5 atom stereocenters. The van der Waals surface area contributed by atoms with Gasteiger partial charge in [-0.15, -0.1) is 0 Å². The molecule has 0 bridgehead atoms. The van der Waals surface area contributed by atoms with E-state index in [1.165, 1.54) is 32.1 Å². The first-order valence-corrected chi connectivity index (χ1v) is 21.2. The minimum Gasteiger partial charge on any atom is -0.465 e. The van der Waals surface area contributed by atoms with E-state index < -0.39 is 72.4 Å². The van der Waals surface area contributed by atoms with Crippen molar-refractivity contribution in [1.82, 2.24) is 41.4 Å². The summed E-state index contributed by atoms with van der Waals surface area (Å²) in [6.07, 6.45) is 7.29. The summed E-state index contributed by atoms with van der Waals surface area (Å²) in [5.41, 5.74) is 3.47. The van der Waals surface area contributed by atoms with Crippen molar-refractivity contribution in [3.8, 4) is 0 Å². The first kappa shape index (κ1) is 48.5. The number of rotatable bonds is 21. The molecule has 5 N–H and O–H groups in total. The number of allylic oxidation sites excluding steroid dienone is 1. The van der Waals surface area contributed by atoms with Gasteiger partial charge in [0.25, 0.3) is 11.8 Å². The number of amides is 7. The molecule has 4 unspecified atom stereocenters. The third-order valence-electron chi connectivity index (χ3n) is 11.4. The molecule has 0 aliphatic carbocycles. The van der Waals surface area contributed by atoms with Gasteiger partial charge < -0.3 is 45.8 Å². The maximum atomic E-state index is 14.9. The summed E-state index contributed by atoms with van der Waals surface area (Å²) in [6, 6.07) is 1.03. The lowest BCUT2D eigenvalue weighted by Crippen LogP contribution is -2.50. The first-order valence-electron chi connectivity index (χ1n) is 21.2. The fourth-order valence-corrected chi connectivity index (χ4v) is 7.73. The average molecular weight is 891 g/mol. The normalized spacial score (nSPS) is 19.6. The van der Waals surface area contributed by atoms with E-state index in [9.17, 15) is 47.5 Å². The van der Waals surface area contributed by atoms with Gasteiger partial charge in [0.15, 0.2) is 0 Å². The highest BCUT2D eigenvalue weighted by Crippen LogP contribution is 2.40. The summed E-state index contributed by atoms with van der Waals surface area (Å²) in [5.74, 6) is -5.86. The van der Waals surface area contributed by atoms with Gasteiger partial charge >= 0.3 is 5.97 Å². The number of esters is 1. The fraction of sp³-hybridized carbons (Fsp3) is 0.500. The Balaban J connectivity index is 1.05. The van der Waals surface area contributed by atoms with Gasteiger partial charge in [0, 0.05) is 68.2 Å². The molecule has 19 nitrogen and oxygen atoms in total. The number of halogens is 1. The molecule has 1 fully saturated rings. The summed E-state index contributed by atoms with van der Waals surface area (Å²) in [5, 5.41) is 13.3. The number of carbonyl (C=O) groups is 9. The van der Waals surface area contributed by atoms with Gasteiger partial charge in [0.1, 0.15) is 44.1 Å². The molecular formula is C44H55FN8O11. The van der Waals surface area contributed by atoms with Gasteiger partial charge in [0.05, 0.1) is 35.3 Å². The quantitative estimate of drug-likeness (QED) is 0.0383. The zero-order chi connectivity index (χ0) is 46.7. The van der Waals surface area contributed by atoms with Crippen LogP contribution in [0.15, 0.2) is 30.4 Å². The summed E-state index contributed by atoms with van der Waals surface area (Å²) in [6.45, 7) is 5.75.